The minimum atomic E-state index is -1.73. The summed E-state index contributed by atoms with van der Waals surface area (Å²) in [5.74, 6) is -0.0996. The highest BCUT2D eigenvalue weighted by molar-refractivity contribution is 6.76. The van der Waals surface area contributed by atoms with Crippen molar-refractivity contribution in [3.8, 4) is 0 Å². The van der Waals surface area contributed by atoms with Gasteiger partial charge in [0.05, 0.1) is 6.42 Å². The lowest BCUT2D eigenvalue weighted by Crippen LogP contribution is -2.29. The van der Waals surface area contributed by atoms with Crippen LogP contribution in [0.5, 0.6) is 0 Å². The van der Waals surface area contributed by atoms with E-state index >= 15 is 0 Å². The summed E-state index contributed by atoms with van der Waals surface area (Å²) in [4.78, 5) is 11.5. The molecule has 0 aliphatic rings. The summed E-state index contributed by atoms with van der Waals surface area (Å²) in [5, 5.41) is 0. The van der Waals surface area contributed by atoms with Gasteiger partial charge in [0.2, 0.25) is 8.32 Å². The first kappa shape index (κ1) is 14.6. The quantitative estimate of drug-likeness (QED) is 0.545. The molecule has 0 aromatic carbocycles. The van der Waals surface area contributed by atoms with Gasteiger partial charge in [-0.25, -0.2) is 0 Å². The van der Waals surface area contributed by atoms with E-state index in [1.165, 1.54) is 0 Å². The van der Waals surface area contributed by atoms with Gasteiger partial charge in [-0.15, -0.1) is 0 Å². The highest BCUT2D eigenvalue weighted by atomic mass is 28.4. The fraction of sp³-hybridized carbons (Fsp3) is 0.727. The Hall–Kier alpha value is -0.356. The van der Waals surface area contributed by atoms with Crippen LogP contribution in [0.25, 0.3) is 0 Å². The van der Waals surface area contributed by atoms with E-state index in [4.69, 9.17) is 4.43 Å². The standard InChI is InChI=1S/C11H24O2Si2/c1-10(9-14(2,3)4)8-11(12)13-15(5,6)7/h1,8-9H2,2-7H3. The lowest BCUT2D eigenvalue weighted by Gasteiger charge is -2.20. The summed E-state index contributed by atoms with van der Waals surface area (Å²) in [6.45, 7) is 16.9. The van der Waals surface area contributed by atoms with Crippen LogP contribution in [0.3, 0.4) is 0 Å². The number of carbonyl (C=O) groups is 1. The molecule has 4 heteroatoms. The fourth-order valence-electron chi connectivity index (χ4n) is 1.39. The molecule has 0 fully saturated rings. The number of hydrogen-bond acceptors (Lipinski definition) is 2. The van der Waals surface area contributed by atoms with E-state index in [1.54, 1.807) is 0 Å². The first-order chi connectivity index (χ1) is 6.49. The van der Waals surface area contributed by atoms with Crippen LogP contribution in [0.2, 0.25) is 45.3 Å². The summed E-state index contributed by atoms with van der Waals surface area (Å²) in [7, 11) is -2.87. The molecule has 0 N–H and O–H groups in total. The molecule has 0 rings (SSSR count). The van der Waals surface area contributed by atoms with Crippen molar-refractivity contribution in [2.75, 3.05) is 0 Å². The van der Waals surface area contributed by atoms with Crippen LogP contribution < -0.4 is 0 Å². The van der Waals surface area contributed by atoms with E-state index in [-0.39, 0.29) is 5.97 Å². The van der Waals surface area contributed by atoms with Gasteiger partial charge in [-0.05, 0) is 25.7 Å². The number of hydrogen-bond donors (Lipinski definition) is 0. The first-order valence-corrected chi connectivity index (χ1v) is 12.5. The van der Waals surface area contributed by atoms with E-state index in [0.717, 1.165) is 11.6 Å². The van der Waals surface area contributed by atoms with Gasteiger partial charge in [0.15, 0.2) is 0 Å². The SMILES string of the molecule is C=C(CC(=O)O[Si](C)(C)C)C[Si](C)(C)C. The summed E-state index contributed by atoms with van der Waals surface area (Å²) in [6, 6.07) is 1.01. The van der Waals surface area contributed by atoms with E-state index in [2.05, 4.69) is 26.2 Å². The predicted molar refractivity (Wildman–Crippen MR) is 71.3 cm³/mol. The van der Waals surface area contributed by atoms with Crippen molar-refractivity contribution in [2.24, 2.45) is 0 Å². The Morgan fingerprint density at radius 1 is 1.13 bits per heavy atom. The van der Waals surface area contributed by atoms with Crippen LogP contribution in [-0.4, -0.2) is 22.4 Å². The van der Waals surface area contributed by atoms with Crippen molar-refractivity contribution in [1.82, 2.24) is 0 Å². The first-order valence-electron chi connectivity index (χ1n) is 5.38. The van der Waals surface area contributed by atoms with Crippen LogP contribution in [0.1, 0.15) is 6.42 Å². The Kier molecular flexibility index (Phi) is 5.00. The van der Waals surface area contributed by atoms with Crippen LogP contribution in [0.4, 0.5) is 0 Å². The zero-order valence-corrected chi connectivity index (χ0v) is 12.9. The molecule has 88 valence electrons. The van der Waals surface area contributed by atoms with Gasteiger partial charge in [0.25, 0.3) is 5.97 Å². The molecule has 0 heterocycles. The average Bonchev–Trinajstić information content (AvgIpc) is 1.73. The van der Waals surface area contributed by atoms with Gasteiger partial charge in [0.1, 0.15) is 0 Å². The second kappa shape index (κ2) is 5.12. The molecule has 2 nitrogen and oxygen atoms in total. The lowest BCUT2D eigenvalue weighted by atomic mass is 10.2. The largest absolute Gasteiger partial charge is 0.520 e. The molecule has 0 radical (unpaired) electrons. The van der Waals surface area contributed by atoms with Crippen molar-refractivity contribution in [1.29, 1.82) is 0 Å². The summed E-state index contributed by atoms with van der Waals surface area (Å²) in [5.41, 5.74) is 1.03. The third kappa shape index (κ3) is 9.94. The van der Waals surface area contributed by atoms with Crippen molar-refractivity contribution in [2.45, 2.75) is 51.7 Å². The van der Waals surface area contributed by atoms with E-state index in [9.17, 15) is 4.79 Å². The summed E-state index contributed by atoms with van der Waals surface area (Å²) >= 11 is 0. The van der Waals surface area contributed by atoms with Gasteiger partial charge in [-0.3, -0.25) is 4.79 Å². The number of rotatable bonds is 5. The predicted octanol–water partition coefficient (Wildman–Crippen LogP) is 3.65. The van der Waals surface area contributed by atoms with Gasteiger partial charge >= 0.3 is 0 Å². The zero-order chi connectivity index (χ0) is 12.3. The third-order valence-corrected chi connectivity index (χ3v) is 4.00. The van der Waals surface area contributed by atoms with Gasteiger partial charge in [-0.1, -0.05) is 31.8 Å². The van der Waals surface area contributed by atoms with Crippen molar-refractivity contribution < 1.29 is 9.22 Å². The Bertz CT molecular complexity index is 220. The average molecular weight is 244 g/mol. The Labute approximate surface area is 95.9 Å². The molecular weight excluding hydrogens is 220 g/mol. The van der Waals surface area contributed by atoms with Crippen molar-refractivity contribution in [3.05, 3.63) is 12.2 Å². The topological polar surface area (TPSA) is 26.3 Å². The van der Waals surface area contributed by atoms with Gasteiger partial charge in [-0.2, -0.15) is 0 Å². The fourth-order valence-corrected chi connectivity index (χ4v) is 3.77. The van der Waals surface area contributed by atoms with Crippen molar-refractivity contribution in [3.63, 3.8) is 0 Å². The molecule has 0 saturated carbocycles. The molecule has 0 atom stereocenters. The van der Waals surface area contributed by atoms with Gasteiger partial charge < -0.3 is 4.43 Å². The second-order valence-electron chi connectivity index (χ2n) is 6.25. The normalized spacial score (nSPS) is 12.4. The molecule has 0 amide bonds. The maximum Gasteiger partial charge on any atom is 0.296 e. The molecule has 0 spiro atoms. The Morgan fingerprint density at radius 3 is 1.93 bits per heavy atom. The Morgan fingerprint density at radius 2 is 1.60 bits per heavy atom. The minimum Gasteiger partial charge on any atom is -0.520 e. The van der Waals surface area contributed by atoms with Gasteiger partial charge in [0, 0.05) is 8.07 Å². The highest BCUT2D eigenvalue weighted by Gasteiger charge is 2.21. The maximum absolute atomic E-state index is 11.5. The molecule has 0 aliphatic carbocycles. The van der Waals surface area contributed by atoms with E-state index < -0.39 is 16.4 Å². The summed E-state index contributed by atoms with van der Waals surface area (Å²) < 4.78 is 5.38. The Balaban J connectivity index is 4.04. The molecule has 15 heavy (non-hydrogen) atoms. The molecule has 0 aromatic rings. The zero-order valence-electron chi connectivity index (χ0n) is 10.9. The smallest absolute Gasteiger partial charge is 0.296 e. The van der Waals surface area contributed by atoms with Crippen LogP contribution in [0.15, 0.2) is 12.2 Å². The minimum absolute atomic E-state index is 0.0996. The van der Waals surface area contributed by atoms with E-state index in [1.807, 2.05) is 19.6 Å². The van der Waals surface area contributed by atoms with Crippen LogP contribution in [-0.2, 0) is 9.22 Å². The maximum atomic E-state index is 11.5. The lowest BCUT2D eigenvalue weighted by molar-refractivity contribution is -0.134. The molecule has 0 bridgehead atoms. The van der Waals surface area contributed by atoms with E-state index in [0.29, 0.717) is 6.42 Å². The highest BCUT2D eigenvalue weighted by Crippen LogP contribution is 2.18. The third-order valence-electron chi connectivity index (χ3n) is 1.59. The molecular formula is C11H24O2Si2. The van der Waals surface area contributed by atoms with Crippen LogP contribution >= 0.6 is 0 Å². The molecule has 0 aromatic heterocycles. The van der Waals surface area contributed by atoms with Crippen LogP contribution in [0, 0.1) is 0 Å². The summed E-state index contributed by atoms with van der Waals surface area (Å²) in [6.07, 6.45) is 0.397. The monoisotopic (exact) mass is 244 g/mol. The molecule has 0 saturated heterocycles. The molecule has 0 unspecified atom stereocenters. The number of carbonyl (C=O) groups excluding carboxylic acids is 1. The molecule has 0 aliphatic heterocycles. The second-order valence-corrected chi connectivity index (χ2v) is 16.2. The van der Waals surface area contributed by atoms with Crippen molar-refractivity contribution >= 4 is 22.4 Å².